The Kier molecular flexibility index (Phi) is 4.34. The molecule has 1 aliphatic heterocycles. The summed E-state index contributed by atoms with van der Waals surface area (Å²) >= 11 is 0. The van der Waals surface area contributed by atoms with Crippen LogP contribution in [0.1, 0.15) is 11.1 Å². The van der Waals surface area contributed by atoms with Gasteiger partial charge in [0.1, 0.15) is 0 Å². The number of nitrogens with zero attached hydrogens (tertiary/aromatic N) is 1. The lowest BCUT2D eigenvalue weighted by atomic mass is 10.1. The number of morpholine rings is 1. The highest BCUT2D eigenvalue weighted by Crippen LogP contribution is 2.08. The summed E-state index contributed by atoms with van der Waals surface area (Å²) in [6, 6.07) is 7.75. The second kappa shape index (κ2) is 5.79. The van der Waals surface area contributed by atoms with Crippen LogP contribution < -0.4 is 4.72 Å². The third-order valence-corrected chi connectivity index (χ3v) is 4.57. The van der Waals surface area contributed by atoms with Crippen molar-refractivity contribution in [1.29, 1.82) is 0 Å². The van der Waals surface area contributed by atoms with Crippen molar-refractivity contribution in [3.8, 4) is 0 Å². The molecule has 1 aliphatic rings. The zero-order valence-corrected chi connectivity index (χ0v) is 11.2. The van der Waals surface area contributed by atoms with Crippen molar-refractivity contribution < 1.29 is 13.2 Å². The Labute approximate surface area is 108 Å². The Morgan fingerprint density at radius 1 is 1.28 bits per heavy atom. The van der Waals surface area contributed by atoms with E-state index in [4.69, 9.17) is 4.74 Å². The normalized spacial score (nSPS) is 17.8. The minimum absolute atomic E-state index is 0.326. The highest BCUT2D eigenvalue weighted by molar-refractivity contribution is 7.87. The van der Waals surface area contributed by atoms with Crippen LogP contribution in [0.4, 0.5) is 0 Å². The van der Waals surface area contributed by atoms with Crippen LogP contribution in [0.15, 0.2) is 24.3 Å². The van der Waals surface area contributed by atoms with Crippen LogP contribution in [0.25, 0.3) is 0 Å². The Morgan fingerprint density at radius 2 is 1.94 bits per heavy atom. The van der Waals surface area contributed by atoms with Crippen molar-refractivity contribution in [2.24, 2.45) is 0 Å². The number of ether oxygens (including phenoxy) is 1. The van der Waals surface area contributed by atoms with Crippen LogP contribution in [0.3, 0.4) is 0 Å². The molecule has 6 heteroatoms. The third-order valence-electron chi connectivity index (χ3n) is 3.02. The van der Waals surface area contributed by atoms with E-state index in [1.54, 1.807) is 0 Å². The van der Waals surface area contributed by atoms with Crippen molar-refractivity contribution in [3.63, 3.8) is 0 Å². The lowest BCUT2D eigenvalue weighted by molar-refractivity contribution is 0.0725. The average Bonchev–Trinajstić information content (AvgIpc) is 2.39. The van der Waals surface area contributed by atoms with Gasteiger partial charge in [0.05, 0.1) is 13.2 Å². The topological polar surface area (TPSA) is 58.6 Å². The smallest absolute Gasteiger partial charge is 0.279 e. The molecule has 0 amide bonds. The van der Waals surface area contributed by atoms with Crippen molar-refractivity contribution in [2.75, 3.05) is 26.3 Å². The molecule has 0 aliphatic carbocycles. The van der Waals surface area contributed by atoms with Gasteiger partial charge in [-0.05, 0) is 18.1 Å². The third kappa shape index (κ3) is 3.29. The molecule has 100 valence electrons. The average molecular weight is 270 g/mol. The zero-order chi connectivity index (χ0) is 13.0. The molecule has 0 saturated carbocycles. The van der Waals surface area contributed by atoms with E-state index in [1.807, 2.05) is 31.2 Å². The Bertz CT molecular complexity index is 496. The fraction of sp³-hybridized carbons (Fsp3) is 0.500. The minimum Gasteiger partial charge on any atom is -0.379 e. The van der Waals surface area contributed by atoms with Crippen molar-refractivity contribution in [3.05, 3.63) is 35.4 Å². The molecule has 5 nitrogen and oxygen atoms in total. The van der Waals surface area contributed by atoms with Crippen LogP contribution in [-0.4, -0.2) is 39.0 Å². The first-order valence-corrected chi connectivity index (χ1v) is 7.40. The maximum Gasteiger partial charge on any atom is 0.279 e. The summed E-state index contributed by atoms with van der Waals surface area (Å²) in [5.41, 5.74) is 2.08. The van der Waals surface area contributed by atoms with E-state index in [9.17, 15) is 8.42 Å². The molecule has 1 aromatic carbocycles. The quantitative estimate of drug-likeness (QED) is 0.874. The highest BCUT2D eigenvalue weighted by Gasteiger charge is 2.23. The van der Waals surface area contributed by atoms with Crippen molar-refractivity contribution >= 4 is 10.2 Å². The number of nitrogens with one attached hydrogen (secondary N) is 1. The first-order valence-electron chi connectivity index (χ1n) is 5.96. The fourth-order valence-corrected chi connectivity index (χ4v) is 3.01. The largest absolute Gasteiger partial charge is 0.379 e. The van der Waals surface area contributed by atoms with E-state index >= 15 is 0 Å². The number of benzene rings is 1. The molecule has 1 saturated heterocycles. The molecular weight excluding hydrogens is 252 g/mol. The van der Waals surface area contributed by atoms with Crippen molar-refractivity contribution in [1.82, 2.24) is 9.03 Å². The molecule has 0 atom stereocenters. The molecule has 0 bridgehead atoms. The second-order valence-corrected chi connectivity index (χ2v) is 6.02. The summed E-state index contributed by atoms with van der Waals surface area (Å²) in [4.78, 5) is 0. The van der Waals surface area contributed by atoms with E-state index < -0.39 is 10.2 Å². The van der Waals surface area contributed by atoms with E-state index in [-0.39, 0.29) is 0 Å². The molecule has 0 radical (unpaired) electrons. The summed E-state index contributed by atoms with van der Waals surface area (Å²) in [5.74, 6) is 0. The Morgan fingerprint density at radius 3 is 2.61 bits per heavy atom. The molecule has 0 aromatic heterocycles. The van der Waals surface area contributed by atoms with Crippen LogP contribution in [0, 0.1) is 6.92 Å². The summed E-state index contributed by atoms with van der Waals surface area (Å²) in [6.45, 7) is 4.06. The van der Waals surface area contributed by atoms with Crippen LogP contribution in [-0.2, 0) is 21.5 Å². The van der Waals surface area contributed by atoms with Crippen molar-refractivity contribution in [2.45, 2.75) is 13.5 Å². The Hall–Kier alpha value is -0.950. The summed E-state index contributed by atoms with van der Waals surface area (Å²) in [5, 5.41) is 0. The predicted molar refractivity (Wildman–Crippen MR) is 69.3 cm³/mol. The van der Waals surface area contributed by atoms with Gasteiger partial charge in [-0.3, -0.25) is 0 Å². The first-order chi connectivity index (χ1) is 8.59. The van der Waals surface area contributed by atoms with E-state index in [2.05, 4.69) is 4.72 Å². The molecule has 1 N–H and O–H groups in total. The van der Waals surface area contributed by atoms with Gasteiger partial charge in [-0.1, -0.05) is 24.3 Å². The van der Waals surface area contributed by atoms with E-state index in [1.165, 1.54) is 4.31 Å². The molecule has 18 heavy (non-hydrogen) atoms. The minimum atomic E-state index is -3.39. The first kappa shape index (κ1) is 13.5. The van der Waals surface area contributed by atoms with Gasteiger partial charge < -0.3 is 4.74 Å². The lowest BCUT2D eigenvalue weighted by Crippen LogP contribution is -2.46. The number of rotatable bonds is 4. The van der Waals surface area contributed by atoms with Gasteiger partial charge in [-0.2, -0.15) is 17.4 Å². The molecular formula is C12H18N2O3S. The van der Waals surface area contributed by atoms with Gasteiger partial charge in [-0.15, -0.1) is 0 Å². The molecule has 0 unspecified atom stereocenters. The lowest BCUT2D eigenvalue weighted by Gasteiger charge is -2.26. The molecule has 2 rings (SSSR count). The molecule has 0 spiro atoms. The molecule has 1 heterocycles. The summed E-state index contributed by atoms with van der Waals surface area (Å²) < 4.78 is 33.3. The van der Waals surface area contributed by atoms with Gasteiger partial charge in [0.2, 0.25) is 0 Å². The standard InChI is InChI=1S/C12H18N2O3S/c1-11-4-2-3-5-12(11)10-13-18(15,16)14-6-8-17-9-7-14/h2-5,13H,6-10H2,1H3. The number of hydrogen-bond acceptors (Lipinski definition) is 3. The van der Waals surface area contributed by atoms with Gasteiger partial charge in [0.25, 0.3) is 10.2 Å². The van der Waals surface area contributed by atoms with E-state index in [0.29, 0.717) is 32.8 Å². The van der Waals surface area contributed by atoms with Gasteiger partial charge in [-0.25, -0.2) is 0 Å². The van der Waals surface area contributed by atoms with Crippen LogP contribution in [0.5, 0.6) is 0 Å². The fourth-order valence-electron chi connectivity index (χ4n) is 1.86. The molecule has 1 aromatic rings. The molecule has 1 fully saturated rings. The second-order valence-electron chi connectivity index (χ2n) is 4.26. The van der Waals surface area contributed by atoms with Gasteiger partial charge >= 0.3 is 0 Å². The number of aryl methyl sites for hydroxylation is 1. The summed E-state index contributed by atoms with van der Waals surface area (Å²) in [6.07, 6.45) is 0. The zero-order valence-electron chi connectivity index (χ0n) is 10.4. The van der Waals surface area contributed by atoms with Crippen LogP contribution >= 0.6 is 0 Å². The Balaban J connectivity index is 1.98. The highest BCUT2D eigenvalue weighted by atomic mass is 32.2. The van der Waals surface area contributed by atoms with Gasteiger partial charge in [0.15, 0.2) is 0 Å². The summed E-state index contributed by atoms with van der Waals surface area (Å²) in [7, 11) is -3.39. The SMILES string of the molecule is Cc1ccccc1CNS(=O)(=O)N1CCOCC1. The predicted octanol–water partition coefficient (Wildman–Crippen LogP) is 0.662. The maximum absolute atomic E-state index is 12.0. The van der Waals surface area contributed by atoms with Gasteiger partial charge in [0, 0.05) is 19.6 Å². The van der Waals surface area contributed by atoms with Crippen LogP contribution in [0.2, 0.25) is 0 Å². The van der Waals surface area contributed by atoms with E-state index in [0.717, 1.165) is 11.1 Å². The monoisotopic (exact) mass is 270 g/mol. The maximum atomic E-state index is 12.0. The number of hydrogen-bond donors (Lipinski definition) is 1.